The maximum Gasteiger partial charge on any atom is 0.116 e. The highest BCUT2D eigenvalue weighted by molar-refractivity contribution is 6.18. The molecule has 4 N–H and O–H groups in total. The smallest absolute Gasteiger partial charge is 0.116 e. The maximum absolute atomic E-state index is 9.05. The molecule has 0 radical (unpaired) electrons. The van der Waals surface area contributed by atoms with Crippen LogP contribution in [-0.2, 0) is 0 Å². The van der Waals surface area contributed by atoms with Gasteiger partial charge in [-0.1, -0.05) is 0 Å². The fourth-order valence-electron chi connectivity index (χ4n) is 0.681. The van der Waals surface area contributed by atoms with E-state index in [4.69, 9.17) is 16.7 Å². The van der Waals surface area contributed by atoms with Gasteiger partial charge in [-0.3, -0.25) is 0 Å². The average molecular weight is 170 g/mol. The van der Waals surface area contributed by atoms with Crippen LogP contribution in [-0.4, -0.2) is 49.3 Å². The highest BCUT2D eigenvalue weighted by atomic mass is 35.5. The van der Waals surface area contributed by atoms with E-state index in [1.54, 1.807) is 0 Å². The summed E-state index contributed by atoms with van der Waals surface area (Å²) in [7, 11) is 6.07. The predicted molar refractivity (Wildman–Crippen MR) is 44.6 cm³/mol. The van der Waals surface area contributed by atoms with Crippen molar-refractivity contribution in [3.63, 3.8) is 0 Å². The number of hydrogen-bond acceptors (Lipinski definition) is 2. The largest absolute Gasteiger partial charge is 0.386 e. The summed E-state index contributed by atoms with van der Waals surface area (Å²) in [6.07, 6.45) is -0.369. The molecule has 0 aliphatic rings. The molecule has 0 saturated carbocycles. The summed E-state index contributed by atoms with van der Waals surface area (Å²) in [5.74, 6) is 0.329. The van der Waals surface area contributed by atoms with Crippen LogP contribution in [0.4, 0.5) is 0 Å². The van der Waals surface area contributed by atoms with Gasteiger partial charge in [0, 0.05) is 0 Å². The molecule has 0 aliphatic carbocycles. The summed E-state index contributed by atoms with van der Waals surface area (Å²) in [6, 6.07) is 0. The zero-order valence-corrected chi connectivity index (χ0v) is 7.73. The Morgan fingerprint density at radius 1 is 1.40 bits per heavy atom. The number of rotatable bonds is 3. The Kier molecular flexibility index (Phi) is 6.29. The molecule has 0 amide bonds. The quantitative estimate of drug-likeness (QED) is 0.476. The zero-order chi connectivity index (χ0) is 7.49. The molecule has 1 unspecified atom stereocenters. The van der Waals surface area contributed by atoms with Crippen molar-refractivity contribution in [1.29, 1.82) is 0 Å². The number of nitrogens with zero attached hydrogens (tertiary/aromatic N) is 1. The lowest BCUT2D eigenvalue weighted by molar-refractivity contribution is -0.873. The van der Waals surface area contributed by atoms with Crippen LogP contribution in [0.1, 0.15) is 0 Å². The van der Waals surface area contributed by atoms with Gasteiger partial charge in [0.1, 0.15) is 12.6 Å². The second-order valence-electron chi connectivity index (χ2n) is 3.28. The minimum Gasteiger partial charge on any atom is -0.386 e. The summed E-state index contributed by atoms with van der Waals surface area (Å²) in [5.41, 5.74) is 0. The number of aliphatic hydroxyl groups excluding tert-OH is 1. The van der Waals surface area contributed by atoms with Crippen LogP contribution in [0.15, 0.2) is 0 Å². The van der Waals surface area contributed by atoms with Crippen molar-refractivity contribution in [2.45, 2.75) is 6.10 Å². The molecule has 0 aromatic rings. The van der Waals surface area contributed by atoms with Gasteiger partial charge < -0.3 is 15.7 Å². The lowest BCUT2D eigenvalue weighted by Gasteiger charge is -2.25. The number of aliphatic hydroxyl groups is 1. The van der Waals surface area contributed by atoms with E-state index in [1.807, 2.05) is 21.1 Å². The third kappa shape index (κ3) is 8.17. The van der Waals surface area contributed by atoms with Crippen LogP contribution in [0.5, 0.6) is 0 Å². The zero-order valence-electron chi connectivity index (χ0n) is 6.97. The van der Waals surface area contributed by atoms with Gasteiger partial charge in [-0.25, -0.2) is 0 Å². The fourth-order valence-corrected chi connectivity index (χ4v) is 0.779. The lowest BCUT2D eigenvalue weighted by atomic mass is 10.3. The predicted octanol–water partition coefficient (Wildman–Crippen LogP) is 0.454. The first-order valence-corrected chi connectivity index (χ1v) is 3.53. The van der Waals surface area contributed by atoms with Gasteiger partial charge in [0.25, 0.3) is 0 Å². The monoisotopic (exact) mass is 169 g/mol. The average Bonchev–Trinajstić information content (AvgIpc) is 1.62. The molecular weight excluding hydrogens is 152 g/mol. The van der Waals surface area contributed by atoms with Crippen LogP contribution in [0.2, 0.25) is 0 Å². The Balaban J connectivity index is 0. The van der Waals surface area contributed by atoms with Crippen LogP contribution in [0.25, 0.3) is 0 Å². The first-order chi connectivity index (χ1) is 3.95. The van der Waals surface area contributed by atoms with Crippen LogP contribution >= 0.6 is 11.6 Å². The highest BCUT2D eigenvalue weighted by Crippen LogP contribution is 1.95. The Morgan fingerprint density at radius 2 is 1.80 bits per heavy atom. The van der Waals surface area contributed by atoms with Crippen molar-refractivity contribution in [2.24, 2.45) is 0 Å². The topological polar surface area (TPSA) is 55.2 Å². The number of alkyl halides is 1. The molecule has 10 heavy (non-hydrogen) atoms. The van der Waals surface area contributed by atoms with Gasteiger partial charge in [-0.15, -0.1) is 11.6 Å². The van der Waals surface area contributed by atoms with E-state index in [0.29, 0.717) is 12.4 Å². The van der Waals surface area contributed by atoms with Crippen molar-refractivity contribution in [3.05, 3.63) is 0 Å². The van der Waals surface area contributed by atoms with E-state index >= 15 is 0 Å². The van der Waals surface area contributed by atoms with Gasteiger partial charge >= 0.3 is 0 Å². The molecule has 1 atom stereocenters. The molecule has 64 valence electrons. The Morgan fingerprint density at radius 3 is 1.90 bits per heavy atom. The first kappa shape index (κ1) is 12.8. The third-order valence-electron chi connectivity index (χ3n) is 0.937. The highest BCUT2D eigenvalue weighted by Gasteiger charge is 2.13. The van der Waals surface area contributed by atoms with Crippen molar-refractivity contribution in [2.75, 3.05) is 33.6 Å². The summed E-state index contributed by atoms with van der Waals surface area (Å²) < 4.78 is 0.758. The van der Waals surface area contributed by atoms with Crippen LogP contribution in [0, 0.1) is 0 Å². The molecule has 3 nitrogen and oxygen atoms in total. The summed E-state index contributed by atoms with van der Waals surface area (Å²) in [5, 5.41) is 9.05. The second kappa shape index (κ2) is 4.91. The molecule has 0 spiro atoms. The van der Waals surface area contributed by atoms with Crippen molar-refractivity contribution in [3.8, 4) is 0 Å². The summed E-state index contributed by atoms with van der Waals surface area (Å²) in [4.78, 5) is 0. The van der Waals surface area contributed by atoms with E-state index in [0.717, 1.165) is 4.48 Å². The SMILES string of the molecule is C[N+](C)(C)CC(O)CCl.N. The molecule has 0 aliphatic heterocycles. The number of hydrogen-bond donors (Lipinski definition) is 2. The van der Waals surface area contributed by atoms with Gasteiger partial charge in [0.15, 0.2) is 0 Å². The number of halogens is 1. The minimum atomic E-state index is -0.369. The van der Waals surface area contributed by atoms with Crippen LogP contribution < -0.4 is 6.15 Å². The van der Waals surface area contributed by atoms with Crippen molar-refractivity contribution in [1.82, 2.24) is 6.15 Å². The summed E-state index contributed by atoms with van der Waals surface area (Å²) in [6.45, 7) is 0.712. The lowest BCUT2D eigenvalue weighted by Crippen LogP contribution is -2.41. The normalized spacial score (nSPS) is 14.1. The van der Waals surface area contributed by atoms with E-state index in [2.05, 4.69) is 0 Å². The van der Waals surface area contributed by atoms with Gasteiger partial charge in [-0.2, -0.15) is 0 Å². The molecule has 0 saturated heterocycles. The second-order valence-corrected chi connectivity index (χ2v) is 3.59. The van der Waals surface area contributed by atoms with Gasteiger partial charge in [-0.05, 0) is 0 Å². The van der Waals surface area contributed by atoms with Gasteiger partial charge in [0.2, 0.25) is 0 Å². The van der Waals surface area contributed by atoms with E-state index in [1.165, 1.54) is 0 Å². The van der Waals surface area contributed by atoms with Crippen molar-refractivity contribution >= 4 is 11.6 Å². The molecule has 0 fully saturated rings. The Labute approximate surface area is 67.8 Å². The fraction of sp³-hybridized carbons (Fsp3) is 1.00. The molecule has 0 heterocycles. The molecule has 0 aromatic heterocycles. The molecule has 0 aromatic carbocycles. The van der Waals surface area contributed by atoms with E-state index in [-0.39, 0.29) is 12.3 Å². The van der Waals surface area contributed by atoms with E-state index < -0.39 is 0 Å². The molecular formula is C6H18ClN2O+. The number of quaternary nitrogens is 1. The third-order valence-corrected chi connectivity index (χ3v) is 1.29. The Bertz CT molecular complexity index is 82.3. The van der Waals surface area contributed by atoms with E-state index in [9.17, 15) is 0 Å². The number of likely N-dealkylation sites (N-methyl/N-ethyl adjacent to an activating group) is 1. The maximum atomic E-state index is 9.05. The summed E-state index contributed by atoms with van der Waals surface area (Å²) >= 11 is 5.40. The minimum absolute atomic E-state index is 0. The van der Waals surface area contributed by atoms with Gasteiger partial charge in [0.05, 0.1) is 27.0 Å². The van der Waals surface area contributed by atoms with Crippen molar-refractivity contribution < 1.29 is 9.59 Å². The molecule has 0 bridgehead atoms. The molecule has 0 rings (SSSR count). The standard InChI is InChI=1S/C6H15ClNO.H3N/c1-8(2,3)5-6(9)4-7;/h6,9H,4-5H2,1-3H3;1H3/q+1;. The van der Waals surface area contributed by atoms with Crippen LogP contribution in [0.3, 0.4) is 0 Å². The molecule has 4 heteroatoms. The first-order valence-electron chi connectivity index (χ1n) is 3.00. The Hall–Kier alpha value is 0.170.